The van der Waals surface area contributed by atoms with Gasteiger partial charge in [-0.3, -0.25) is 19.5 Å². The van der Waals surface area contributed by atoms with E-state index in [9.17, 15) is 27.6 Å². The lowest BCUT2D eigenvalue weighted by molar-refractivity contribution is -0.653. The van der Waals surface area contributed by atoms with E-state index < -0.39 is 51.1 Å². The Labute approximate surface area is 333 Å². The SMILES string of the molecule is C[n+]1c(C2CCCN(C(=O)OC(C)(C)C)C2)cn2cc(OCCO/N=C(\C(=O)N[C@@H]3C(=O)N(OS(=O)(=O)O)C3(C)C)c3csc(NC(=O)OC(C)(C)C)n3)ccc21. The Morgan fingerprint density at radius 2 is 1.79 bits per heavy atom. The van der Waals surface area contributed by atoms with E-state index in [4.69, 9.17) is 23.6 Å². The van der Waals surface area contributed by atoms with Crippen molar-refractivity contribution in [3.63, 3.8) is 0 Å². The Balaban J connectivity index is 1.25. The average molecular weight is 838 g/mol. The number of anilines is 1. The quantitative estimate of drug-likeness (QED) is 0.0594. The molecular formula is C35H49N8O12S2+. The molecule has 312 valence electrons. The van der Waals surface area contributed by atoms with Crippen molar-refractivity contribution in [2.24, 2.45) is 12.2 Å². The van der Waals surface area contributed by atoms with E-state index in [0.29, 0.717) is 23.9 Å². The van der Waals surface area contributed by atoms with E-state index in [1.165, 1.54) is 19.2 Å². The van der Waals surface area contributed by atoms with Crippen molar-refractivity contribution in [2.45, 2.75) is 96.9 Å². The first-order valence-corrected chi connectivity index (χ1v) is 20.3. The number of rotatable bonds is 12. The Hall–Kier alpha value is -5.06. The number of β-lactam (4-membered cyclic amide) rings is 1. The second kappa shape index (κ2) is 16.4. The number of aromatic nitrogens is 3. The number of fused-ring (bicyclic) bond motifs is 1. The van der Waals surface area contributed by atoms with Gasteiger partial charge in [0.1, 0.15) is 47.6 Å². The fraction of sp³-hybridized carbons (Fsp3) is 0.571. The number of amides is 4. The third-order valence-electron chi connectivity index (χ3n) is 8.71. The summed E-state index contributed by atoms with van der Waals surface area (Å²) in [5.74, 6) is -1.24. The smallest absolute Gasteiger partial charge is 0.418 e. The first kappa shape index (κ1) is 43.1. The Morgan fingerprint density at radius 3 is 2.44 bits per heavy atom. The third-order valence-corrected chi connectivity index (χ3v) is 9.81. The molecule has 0 spiro atoms. The highest BCUT2D eigenvalue weighted by atomic mass is 32.3. The normalized spacial score (nSPS) is 18.8. The van der Waals surface area contributed by atoms with Crippen molar-refractivity contribution in [1.82, 2.24) is 24.7 Å². The van der Waals surface area contributed by atoms with Gasteiger partial charge in [-0.25, -0.2) is 19.1 Å². The highest BCUT2D eigenvalue weighted by Gasteiger charge is 2.58. The number of imidazole rings is 1. The minimum atomic E-state index is -5.02. The fourth-order valence-electron chi connectivity index (χ4n) is 6.18. The van der Waals surface area contributed by atoms with Crippen LogP contribution >= 0.6 is 11.3 Å². The molecule has 5 heterocycles. The van der Waals surface area contributed by atoms with Crippen LogP contribution in [0.4, 0.5) is 14.7 Å². The van der Waals surface area contributed by atoms with Crippen LogP contribution in [0.25, 0.3) is 5.65 Å². The number of carbonyl (C=O) groups is 4. The minimum Gasteiger partial charge on any atom is -0.486 e. The van der Waals surface area contributed by atoms with Gasteiger partial charge in [-0.2, -0.15) is 17.9 Å². The van der Waals surface area contributed by atoms with Gasteiger partial charge in [-0.15, -0.1) is 15.6 Å². The summed E-state index contributed by atoms with van der Waals surface area (Å²) < 4.78 is 56.7. The number of carbonyl (C=O) groups excluding carboxylic acids is 4. The highest BCUT2D eigenvalue weighted by Crippen LogP contribution is 2.33. The van der Waals surface area contributed by atoms with Crippen molar-refractivity contribution in [3.8, 4) is 5.75 Å². The Bertz CT molecular complexity index is 2150. The molecule has 0 aromatic carbocycles. The lowest BCUT2D eigenvalue weighted by Crippen LogP contribution is -2.76. The van der Waals surface area contributed by atoms with Crippen LogP contribution in [0.5, 0.6) is 5.75 Å². The monoisotopic (exact) mass is 837 g/mol. The number of pyridine rings is 1. The zero-order valence-corrected chi connectivity index (χ0v) is 34.9. The number of hydrogen-bond donors (Lipinski definition) is 3. The summed E-state index contributed by atoms with van der Waals surface area (Å²) in [6.07, 6.45) is 4.50. The van der Waals surface area contributed by atoms with Gasteiger partial charge in [0.2, 0.25) is 0 Å². The first-order valence-electron chi connectivity index (χ1n) is 18.0. The molecule has 5 rings (SSSR count). The van der Waals surface area contributed by atoms with E-state index in [1.54, 1.807) is 31.7 Å². The average Bonchev–Trinajstić information content (AvgIpc) is 3.68. The summed E-state index contributed by atoms with van der Waals surface area (Å²) in [7, 11) is -3.04. The Kier molecular flexibility index (Phi) is 12.4. The summed E-state index contributed by atoms with van der Waals surface area (Å²) in [4.78, 5) is 62.8. The number of oxime groups is 1. The van der Waals surface area contributed by atoms with Crippen LogP contribution < -0.4 is 19.9 Å². The maximum Gasteiger partial charge on any atom is 0.418 e. The Morgan fingerprint density at radius 1 is 1.09 bits per heavy atom. The summed E-state index contributed by atoms with van der Waals surface area (Å²) in [6.45, 7) is 14.5. The summed E-state index contributed by atoms with van der Waals surface area (Å²) in [5, 5.41) is 10.9. The lowest BCUT2D eigenvalue weighted by Gasteiger charge is -2.50. The second-order valence-corrected chi connectivity index (χ2v) is 17.9. The molecule has 57 heavy (non-hydrogen) atoms. The van der Waals surface area contributed by atoms with E-state index in [-0.39, 0.29) is 41.8 Å². The number of nitrogens with one attached hydrogen (secondary N) is 2. The van der Waals surface area contributed by atoms with E-state index in [1.807, 2.05) is 50.7 Å². The molecule has 2 atom stereocenters. The summed E-state index contributed by atoms with van der Waals surface area (Å²) in [6, 6.07) is 2.42. The molecule has 4 amide bonds. The minimum absolute atomic E-state index is 0.0101. The van der Waals surface area contributed by atoms with Crippen molar-refractivity contribution in [3.05, 3.63) is 41.3 Å². The van der Waals surface area contributed by atoms with Crippen LogP contribution in [-0.4, -0.2) is 111 Å². The number of nitrogens with zero attached hydrogens (tertiary/aromatic N) is 6. The number of thiazole rings is 1. The van der Waals surface area contributed by atoms with Crippen molar-refractivity contribution in [1.29, 1.82) is 0 Å². The van der Waals surface area contributed by atoms with Crippen LogP contribution in [0.3, 0.4) is 0 Å². The number of aryl methyl sites for hydroxylation is 1. The van der Waals surface area contributed by atoms with E-state index >= 15 is 0 Å². The third kappa shape index (κ3) is 10.9. The molecule has 0 saturated carbocycles. The maximum atomic E-state index is 13.5. The van der Waals surface area contributed by atoms with E-state index in [0.717, 1.165) is 35.5 Å². The molecule has 3 aromatic heterocycles. The van der Waals surface area contributed by atoms with Crippen LogP contribution in [0.1, 0.15) is 85.5 Å². The van der Waals surface area contributed by atoms with Crippen LogP contribution in [-0.2, 0) is 45.6 Å². The summed E-state index contributed by atoms with van der Waals surface area (Å²) in [5.41, 5.74) is -1.18. The second-order valence-electron chi connectivity index (χ2n) is 16.0. The van der Waals surface area contributed by atoms with Crippen LogP contribution in [0, 0.1) is 0 Å². The van der Waals surface area contributed by atoms with E-state index in [2.05, 4.69) is 29.6 Å². The molecule has 3 N–H and O–H groups in total. The molecule has 2 fully saturated rings. The van der Waals surface area contributed by atoms with Crippen molar-refractivity contribution >= 4 is 62.2 Å². The molecular weight excluding hydrogens is 789 g/mol. The summed E-state index contributed by atoms with van der Waals surface area (Å²) >= 11 is 0.971. The van der Waals surface area contributed by atoms with Gasteiger partial charge in [0, 0.05) is 30.5 Å². The largest absolute Gasteiger partial charge is 0.486 e. The van der Waals surface area contributed by atoms with Gasteiger partial charge < -0.3 is 29.3 Å². The lowest BCUT2D eigenvalue weighted by atomic mass is 9.84. The molecule has 20 nitrogen and oxygen atoms in total. The number of hydroxylamine groups is 2. The molecule has 22 heteroatoms. The van der Waals surface area contributed by atoms with Crippen molar-refractivity contribution < 1.29 is 60.0 Å². The highest BCUT2D eigenvalue weighted by molar-refractivity contribution is 7.80. The van der Waals surface area contributed by atoms with Crippen LogP contribution in [0.2, 0.25) is 0 Å². The molecule has 0 radical (unpaired) electrons. The topological polar surface area (TPSA) is 233 Å². The zero-order valence-electron chi connectivity index (χ0n) is 33.2. The van der Waals surface area contributed by atoms with Crippen LogP contribution in [0.15, 0.2) is 35.1 Å². The predicted molar refractivity (Wildman–Crippen MR) is 204 cm³/mol. The fourth-order valence-corrected chi connectivity index (χ4v) is 7.31. The van der Waals surface area contributed by atoms with Gasteiger partial charge in [0.25, 0.3) is 17.5 Å². The number of piperidine rings is 1. The number of hydrogen-bond acceptors (Lipinski definition) is 14. The van der Waals surface area contributed by atoms with Gasteiger partial charge in [-0.05, 0) is 74.3 Å². The van der Waals surface area contributed by atoms with Gasteiger partial charge in [0.15, 0.2) is 23.2 Å². The molecule has 2 saturated heterocycles. The van der Waals surface area contributed by atoms with Gasteiger partial charge in [0.05, 0.1) is 12.6 Å². The molecule has 1 unspecified atom stereocenters. The first-order chi connectivity index (χ1) is 26.4. The molecule has 2 aliphatic heterocycles. The molecule has 0 bridgehead atoms. The number of ether oxygens (including phenoxy) is 3. The maximum absolute atomic E-state index is 13.5. The predicted octanol–water partition coefficient (Wildman–Crippen LogP) is 3.32. The van der Waals surface area contributed by atoms with Crippen molar-refractivity contribution in [2.75, 3.05) is 31.6 Å². The standard InChI is InChI=1S/C35H48N8O12S2/c1-33(2,3)53-31(46)38-30-36-23(20-56-30)26(28(44)37-27-29(45)43(35(27,7)8)55-57(48,49)50)39-52-16-15-51-22-12-13-25-40(9)24(19-42(25)18-22)21-11-10-14-41(17-21)32(47)54-34(4,5)6/h12-13,18-21,27H,10-11,14-17H2,1-9H3,(H2-,36,37,38,44,46,48,49,50)/p+1/b39-26-/t21?,27-/m1/s1. The molecule has 3 aromatic rings. The van der Waals surface area contributed by atoms with Gasteiger partial charge >= 0.3 is 22.6 Å². The van der Waals surface area contributed by atoms with Gasteiger partial charge in [-0.1, -0.05) is 5.16 Å². The molecule has 2 aliphatic rings. The number of likely N-dealkylation sites (tertiary alicyclic amines) is 1. The zero-order chi connectivity index (χ0) is 42.1. The molecule has 0 aliphatic carbocycles.